The van der Waals surface area contributed by atoms with E-state index in [-0.39, 0.29) is 42.8 Å². The number of ether oxygens (including phenoxy) is 4. The third-order valence-corrected chi connectivity index (χ3v) is 6.41. The van der Waals surface area contributed by atoms with Crippen LogP contribution in [0.3, 0.4) is 0 Å². The van der Waals surface area contributed by atoms with Gasteiger partial charge >= 0.3 is 5.97 Å². The molecule has 11 nitrogen and oxygen atoms in total. The van der Waals surface area contributed by atoms with Crippen LogP contribution in [-0.2, 0) is 9.47 Å². The van der Waals surface area contributed by atoms with E-state index in [1.54, 1.807) is 18.3 Å². The summed E-state index contributed by atoms with van der Waals surface area (Å²) in [6.07, 6.45) is 0.948. The van der Waals surface area contributed by atoms with Crippen molar-refractivity contribution in [3.05, 3.63) is 65.9 Å². The molecule has 0 aliphatic carbocycles. The molecule has 3 aliphatic rings. The van der Waals surface area contributed by atoms with E-state index in [9.17, 15) is 14.7 Å². The number of carboxylic acid groups (broad SMARTS) is 1. The maximum absolute atomic E-state index is 12.8. The summed E-state index contributed by atoms with van der Waals surface area (Å²) < 4.78 is 22.7. The number of benzene rings is 2. The summed E-state index contributed by atoms with van der Waals surface area (Å²) in [4.78, 5) is 33.2. The van der Waals surface area contributed by atoms with Gasteiger partial charge in [0.15, 0.2) is 11.5 Å². The summed E-state index contributed by atoms with van der Waals surface area (Å²) >= 11 is 0. The second-order valence-corrected chi connectivity index (χ2v) is 8.61. The number of amides is 1. The van der Waals surface area contributed by atoms with E-state index in [1.165, 1.54) is 12.1 Å². The molecule has 6 rings (SSSR count). The Hall–Kier alpha value is -4.22. The van der Waals surface area contributed by atoms with Crippen molar-refractivity contribution in [2.24, 2.45) is 0 Å². The average molecular weight is 490 g/mol. The van der Waals surface area contributed by atoms with E-state index in [0.717, 1.165) is 11.3 Å². The van der Waals surface area contributed by atoms with Crippen LogP contribution >= 0.6 is 0 Å². The van der Waals surface area contributed by atoms with Gasteiger partial charge in [-0.1, -0.05) is 12.1 Å². The van der Waals surface area contributed by atoms with Crippen LogP contribution in [0.15, 0.2) is 54.7 Å². The molecular weight excluding hydrogens is 468 g/mol. The number of aromatic carboxylic acids is 1. The Balaban J connectivity index is 1.12. The smallest absolute Gasteiger partial charge is 0.336 e. The zero-order valence-electron chi connectivity index (χ0n) is 18.9. The van der Waals surface area contributed by atoms with Gasteiger partial charge in [0.1, 0.15) is 12.2 Å². The fourth-order valence-corrected chi connectivity index (χ4v) is 4.67. The van der Waals surface area contributed by atoms with Crippen molar-refractivity contribution in [1.29, 1.82) is 0 Å². The monoisotopic (exact) mass is 490 g/mol. The zero-order valence-corrected chi connectivity index (χ0v) is 18.9. The van der Waals surface area contributed by atoms with Gasteiger partial charge in [0.25, 0.3) is 5.91 Å². The lowest BCUT2D eigenvalue weighted by Gasteiger charge is -2.19. The van der Waals surface area contributed by atoms with Gasteiger partial charge in [-0.05, 0) is 36.4 Å². The first-order valence-electron chi connectivity index (χ1n) is 11.4. The molecule has 0 bridgehead atoms. The van der Waals surface area contributed by atoms with E-state index in [2.05, 4.69) is 20.6 Å². The number of carbonyl (C=O) groups is 2. The summed E-state index contributed by atoms with van der Waals surface area (Å²) in [6.45, 7) is 0.782. The molecule has 3 aliphatic heterocycles. The third kappa shape index (κ3) is 4.08. The van der Waals surface area contributed by atoms with Gasteiger partial charge in [0.2, 0.25) is 12.7 Å². The Morgan fingerprint density at radius 1 is 0.917 bits per heavy atom. The quantitative estimate of drug-likeness (QED) is 0.469. The first kappa shape index (κ1) is 22.3. The molecule has 2 aromatic carbocycles. The largest absolute Gasteiger partial charge is 0.478 e. The number of hydrogen-bond donors (Lipinski definition) is 3. The van der Waals surface area contributed by atoms with E-state index in [0.29, 0.717) is 24.1 Å². The van der Waals surface area contributed by atoms with Gasteiger partial charge in [0.05, 0.1) is 42.1 Å². The minimum absolute atomic E-state index is 0.0585. The Kier molecular flexibility index (Phi) is 5.62. The van der Waals surface area contributed by atoms with E-state index in [4.69, 9.17) is 18.9 Å². The molecule has 3 aromatic rings. The number of carbonyl (C=O) groups excluding carboxylic acids is 1. The summed E-state index contributed by atoms with van der Waals surface area (Å²) in [5.74, 6) is 0.149. The molecule has 0 radical (unpaired) electrons. The van der Waals surface area contributed by atoms with Gasteiger partial charge in [-0.15, -0.1) is 0 Å². The molecule has 4 heterocycles. The van der Waals surface area contributed by atoms with E-state index < -0.39 is 17.9 Å². The minimum atomic E-state index is -1.16. The summed E-state index contributed by atoms with van der Waals surface area (Å²) in [6, 6.07) is 12.9. The fraction of sp³-hybridized carbons (Fsp3) is 0.280. The molecule has 0 saturated carbocycles. The van der Waals surface area contributed by atoms with Crippen LogP contribution in [0.1, 0.15) is 20.7 Å². The number of aromatic nitrogens is 2. The van der Waals surface area contributed by atoms with Crippen molar-refractivity contribution in [2.45, 2.75) is 24.3 Å². The first-order chi connectivity index (χ1) is 17.6. The van der Waals surface area contributed by atoms with Gasteiger partial charge in [0, 0.05) is 11.8 Å². The maximum Gasteiger partial charge on any atom is 0.336 e. The maximum atomic E-state index is 12.8. The highest BCUT2D eigenvalue weighted by Gasteiger charge is 2.48. The Labute approximate surface area is 205 Å². The minimum Gasteiger partial charge on any atom is -0.478 e. The lowest BCUT2D eigenvalue weighted by molar-refractivity contribution is 0.0646. The second-order valence-electron chi connectivity index (χ2n) is 8.61. The lowest BCUT2D eigenvalue weighted by atomic mass is 10.0. The third-order valence-electron chi connectivity index (χ3n) is 6.41. The molecule has 4 atom stereocenters. The summed E-state index contributed by atoms with van der Waals surface area (Å²) in [5, 5.41) is 15.5. The SMILES string of the molecule is O=C(O)c1ccccc1C(=O)N[C@@H]1CO[C@@H]2[C@@H]1OC[C@@H]2Nc1nccc(-c2ccc3c(c2)OCO3)n1. The highest BCUT2D eigenvalue weighted by atomic mass is 16.7. The molecule has 0 unspecified atom stereocenters. The highest BCUT2D eigenvalue weighted by molar-refractivity contribution is 6.04. The Morgan fingerprint density at radius 2 is 1.67 bits per heavy atom. The van der Waals surface area contributed by atoms with Crippen molar-refractivity contribution in [2.75, 3.05) is 25.3 Å². The van der Waals surface area contributed by atoms with Gasteiger partial charge in [-0.3, -0.25) is 4.79 Å². The standard InChI is InChI=1S/C25H22N4O7/c30-23(14-3-1-2-4-15(14)24(31)32)27-17-10-33-22-18(11-34-21(17)22)29-25-26-8-7-16(28-25)13-5-6-19-20(9-13)36-12-35-19/h1-9,17-18,21-22H,10-12H2,(H,27,30)(H,31,32)(H,26,28,29)/t17-,18+,21-,22+/m1/s1. The molecule has 2 fully saturated rings. The predicted octanol–water partition coefficient (Wildman–Crippen LogP) is 1.95. The van der Waals surface area contributed by atoms with Crippen LogP contribution in [0.25, 0.3) is 11.3 Å². The predicted molar refractivity (Wildman–Crippen MR) is 125 cm³/mol. The van der Waals surface area contributed by atoms with Crippen molar-refractivity contribution in [3.63, 3.8) is 0 Å². The van der Waals surface area contributed by atoms with Crippen molar-refractivity contribution in [3.8, 4) is 22.8 Å². The number of fused-ring (bicyclic) bond motifs is 2. The molecule has 3 N–H and O–H groups in total. The van der Waals surface area contributed by atoms with Gasteiger partial charge in [-0.25, -0.2) is 14.8 Å². The van der Waals surface area contributed by atoms with Crippen LogP contribution in [0.5, 0.6) is 11.5 Å². The van der Waals surface area contributed by atoms with Gasteiger partial charge in [-0.2, -0.15) is 0 Å². The fourth-order valence-electron chi connectivity index (χ4n) is 4.67. The number of rotatable bonds is 6. The number of anilines is 1. The second kappa shape index (κ2) is 9.10. The number of hydrogen-bond acceptors (Lipinski definition) is 9. The van der Waals surface area contributed by atoms with Crippen molar-refractivity contribution in [1.82, 2.24) is 15.3 Å². The first-order valence-corrected chi connectivity index (χ1v) is 11.4. The zero-order chi connectivity index (χ0) is 24.6. The van der Waals surface area contributed by atoms with Crippen LogP contribution in [0.4, 0.5) is 5.95 Å². The van der Waals surface area contributed by atoms with Gasteiger partial charge < -0.3 is 34.7 Å². The number of nitrogens with one attached hydrogen (secondary N) is 2. The summed E-state index contributed by atoms with van der Waals surface area (Å²) in [5.41, 5.74) is 1.62. The molecule has 11 heteroatoms. The molecule has 2 saturated heterocycles. The average Bonchev–Trinajstić information content (AvgIpc) is 3.62. The molecule has 1 amide bonds. The normalized spacial score (nSPS) is 23.8. The molecular formula is C25H22N4O7. The Morgan fingerprint density at radius 3 is 2.50 bits per heavy atom. The van der Waals surface area contributed by atoms with Crippen LogP contribution in [0.2, 0.25) is 0 Å². The van der Waals surface area contributed by atoms with E-state index >= 15 is 0 Å². The number of carboxylic acids is 1. The molecule has 184 valence electrons. The topological polar surface area (TPSA) is 141 Å². The summed E-state index contributed by atoms with van der Waals surface area (Å²) in [7, 11) is 0. The lowest BCUT2D eigenvalue weighted by Crippen LogP contribution is -2.45. The Bertz CT molecular complexity index is 1330. The number of nitrogens with zero attached hydrogens (tertiary/aromatic N) is 2. The molecule has 1 aromatic heterocycles. The van der Waals surface area contributed by atoms with Crippen LogP contribution in [-0.4, -0.2) is 71.2 Å². The van der Waals surface area contributed by atoms with Crippen LogP contribution < -0.4 is 20.1 Å². The van der Waals surface area contributed by atoms with E-state index in [1.807, 2.05) is 24.3 Å². The van der Waals surface area contributed by atoms with Crippen molar-refractivity contribution >= 4 is 17.8 Å². The van der Waals surface area contributed by atoms with Crippen LogP contribution in [0, 0.1) is 0 Å². The molecule has 0 spiro atoms. The highest BCUT2D eigenvalue weighted by Crippen LogP contribution is 2.35. The molecule has 36 heavy (non-hydrogen) atoms. The van der Waals surface area contributed by atoms with Crippen molar-refractivity contribution < 1.29 is 33.6 Å².